The molecule has 25 heavy (non-hydrogen) atoms. The molecule has 3 rings (SSSR count). The SMILES string of the molecule is COCCN(Cc1ccc(C)s1)C(=O)CN1CC2(CCCC2)CC1=O. The molecule has 0 atom stereocenters. The van der Waals surface area contributed by atoms with Crippen molar-refractivity contribution in [3.63, 3.8) is 0 Å². The molecule has 1 saturated carbocycles. The maximum atomic E-state index is 12.8. The van der Waals surface area contributed by atoms with E-state index in [-0.39, 0.29) is 23.8 Å². The normalized spacial score (nSPS) is 19.1. The number of hydrogen-bond donors (Lipinski definition) is 0. The molecule has 6 heteroatoms. The molecule has 1 aliphatic heterocycles. The largest absolute Gasteiger partial charge is 0.383 e. The first kappa shape index (κ1) is 18.4. The third-order valence-corrected chi connectivity index (χ3v) is 6.44. The molecule has 0 aromatic carbocycles. The molecular formula is C19H28N2O3S. The molecule has 0 N–H and O–H groups in total. The summed E-state index contributed by atoms with van der Waals surface area (Å²) in [6.07, 6.45) is 5.32. The van der Waals surface area contributed by atoms with Crippen LogP contribution in [-0.2, 0) is 20.9 Å². The van der Waals surface area contributed by atoms with Crippen LogP contribution in [0.5, 0.6) is 0 Å². The molecule has 1 spiro atoms. The van der Waals surface area contributed by atoms with Crippen molar-refractivity contribution in [3.8, 4) is 0 Å². The number of carbonyl (C=O) groups excluding carboxylic acids is 2. The van der Waals surface area contributed by atoms with Gasteiger partial charge in [-0.1, -0.05) is 12.8 Å². The Labute approximate surface area is 153 Å². The number of rotatable bonds is 7. The third kappa shape index (κ3) is 4.42. The lowest BCUT2D eigenvalue weighted by molar-refractivity contribution is -0.139. The number of aryl methyl sites for hydroxylation is 1. The lowest BCUT2D eigenvalue weighted by Crippen LogP contribution is -2.42. The van der Waals surface area contributed by atoms with Crippen LogP contribution in [0.1, 0.15) is 41.9 Å². The molecule has 2 amide bonds. The van der Waals surface area contributed by atoms with Crippen LogP contribution in [0.3, 0.4) is 0 Å². The summed E-state index contributed by atoms with van der Waals surface area (Å²) in [6.45, 7) is 4.68. The maximum absolute atomic E-state index is 12.8. The van der Waals surface area contributed by atoms with Crippen LogP contribution in [0.25, 0.3) is 0 Å². The van der Waals surface area contributed by atoms with Crippen LogP contribution in [-0.4, -0.2) is 55.0 Å². The smallest absolute Gasteiger partial charge is 0.242 e. The highest BCUT2D eigenvalue weighted by molar-refractivity contribution is 7.11. The monoisotopic (exact) mass is 364 g/mol. The van der Waals surface area contributed by atoms with Gasteiger partial charge in [0.05, 0.1) is 19.7 Å². The van der Waals surface area contributed by atoms with Gasteiger partial charge < -0.3 is 14.5 Å². The van der Waals surface area contributed by atoms with Crippen LogP contribution >= 0.6 is 11.3 Å². The minimum atomic E-state index is 0.0199. The molecule has 1 saturated heterocycles. The Balaban J connectivity index is 1.62. The molecule has 1 aromatic heterocycles. The molecule has 1 aliphatic carbocycles. The van der Waals surface area contributed by atoms with Crippen LogP contribution in [0.15, 0.2) is 12.1 Å². The predicted octanol–water partition coefficient (Wildman–Crippen LogP) is 2.82. The number of carbonyl (C=O) groups is 2. The Bertz CT molecular complexity index is 622. The fourth-order valence-electron chi connectivity index (χ4n) is 4.10. The van der Waals surface area contributed by atoms with Gasteiger partial charge in [0.1, 0.15) is 0 Å². The molecule has 2 fully saturated rings. The van der Waals surface area contributed by atoms with Crippen molar-refractivity contribution in [2.45, 2.75) is 45.6 Å². The fraction of sp³-hybridized carbons (Fsp3) is 0.684. The molecule has 2 heterocycles. The highest BCUT2D eigenvalue weighted by Crippen LogP contribution is 2.45. The summed E-state index contributed by atoms with van der Waals surface area (Å²) in [4.78, 5) is 31.3. The Morgan fingerprint density at radius 2 is 2.12 bits per heavy atom. The average molecular weight is 365 g/mol. The molecule has 0 unspecified atom stereocenters. The second kappa shape index (κ2) is 7.87. The molecular weight excluding hydrogens is 336 g/mol. The molecule has 5 nitrogen and oxygen atoms in total. The van der Waals surface area contributed by atoms with Gasteiger partial charge in [0.2, 0.25) is 11.8 Å². The van der Waals surface area contributed by atoms with Crippen LogP contribution in [0, 0.1) is 12.3 Å². The molecule has 0 radical (unpaired) electrons. The zero-order valence-electron chi connectivity index (χ0n) is 15.3. The summed E-state index contributed by atoms with van der Waals surface area (Å²) in [5.41, 5.74) is 0.152. The van der Waals surface area contributed by atoms with Gasteiger partial charge in [-0.25, -0.2) is 0 Å². The highest BCUT2D eigenvalue weighted by Gasteiger charge is 2.45. The van der Waals surface area contributed by atoms with Gasteiger partial charge >= 0.3 is 0 Å². The first-order valence-electron chi connectivity index (χ1n) is 9.11. The Morgan fingerprint density at radius 1 is 1.36 bits per heavy atom. The summed E-state index contributed by atoms with van der Waals surface area (Å²) in [5, 5.41) is 0. The molecule has 138 valence electrons. The first-order valence-corrected chi connectivity index (χ1v) is 9.93. The number of hydrogen-bond acceptors (Lipinski definition) is 4. The van der Waals surface area contributed by atoms with Crippen molar-refractivity contribution in [2.75, 3.05) is 33.4 Å². The lowest BCUT2D eigenvalue weighted by atomic mass is 9.85. The van der Waals surface area contributed by atoms with E-state index < -0.39 is 0 Å². The number of methoxy groups -OCH3 is 1. The minimum Gasteiger partial charge on any atom is -0.383 e. The van der Waals surface area contributed by atoms with E-state index in [1.54, 1.807) is 23.3 Å². The summed E-state index contributed by atoms with van der Waals surface area (Å²) in [7, 11) is 1.64. The topological polar surface area (TPSA) is 49.9 Å². The van der Waals surface area contributed by atoms with Crippen LogP contribution in [0.4, 0.5) is 0 Å². The number of nitrogens with zero attached hydrogens (tertiary/aromatic N) is 2. The second-order valence-corrected chi connectivity index (χ2v) is 8.83. The summed E-state index contributed by atoms with van der Waals surface area (Å²) >= 11 is 1.71. The van der Waals surface area contributed by atoms with Crippen molar-refractivity contribution in [3.05, 3.63) is 21.9 Å². The summed E-state index contributed by atoms with van der Waals surface area (Å²) in [6, 6.07) is 4.15. The van der Waals surface area contributed by atoms with Crippen molar-refractivity contribution in [2.24, 2.45) is 5.41 Å². The van der Waals surface area contributed by atoms with Gasteiger partial charge in [0.25, 0.3) is 0 Å². The van der Waals surface area contributed by atoms with E-state index in [4.69, 9.17) is 4.74 Å². The van der Waals surface area contributed by atoms with Crippen molar-refractivity contribution < 1.29 is 14.3 Å². The molecule has 1 aromatic rings. The number of likely N-dealkylation sites (tertiary alicyclic amines) is 1. The van der Waals surface area contributed by atoms with Crippen LogP contribution in [0.2, 0.25) is 0 Å². The van der Waals surface area contributed by atoms with Gasteiger partial charge in [-0.05, 0) is 37.3 Å². The highest BCUT2D eigenvalue weighted by atomic mass is 32.1. The minimum absolute atomic E-state index is 0.0199. The van der Waals surface area contributed by atoms with E-state index in [2.05, 4.69) is 19.1 Å². The van der Waals surface area contributed by atoms with Gasteiger partial charge in [0, 0.05) is 36.4 Å². The zero-order valence-corrected chi connectivity index (χ0v) is 16.1. The summed E-state index contributed by atoms with van der Waals surface area (Å²) in [5.74, 6) is 0.167. The second-order valence-electron chi connectivity index (χ2n) is 7.45. The first-order chi connectivity index (χ1) is 12.0. The van der Waals surface area contributed by atoms with Crippen molar-refractivity contribution in [1.29, 1.82) is 0 Å². The number of amides is 2. The molecule has 0 bridgehead atoms. The van der Waals surface area contributed by atoms with Gasteiger partial charge in [-0.15, -0.1) is 11.3 Å². The average Bonchev–Trinajstić information content (AvgIpc) is 3.26. The maximum Gasteiger partial charge on any atom is 0.242 e. The number of thiophene rings is 1. The van der Waals surface area contributed by atoms with E-state index in [1.807, 2.05) is 4.90 Å². The van der Waals surface area contributed by atoms with Gasteiger partial charge in [-0.3, -0.25) is 9.59 Å². The third-order valence-electron chi connectivity index (χ3n) is 5.46. The van der Waals surface area contributed by atoms with E-state index in [9.17, 15) is 9.59 Å². The van der Waals surface area contributed by atoms with E-state index >= 15 is 0 Å². The molecule has 2 aliphatic rings. The zero-order chi connectivity index (χ0) is 17.9. The van der Waals surface area contributed by atoms with Gasteiger partial charge in [-0.2, -0.15) is 0 Å². The van der Waals surface area contributed by atoms with Crippen molar-refractivity contribution >= 4 is 23.2 Å². The van der Waals surface area contributed by atoms with E-state index in [1.165, 1.54) is 22.6 Å². The standard InChI is InChI=1S/C19H28N2O3S/c1-15-5-6-16(25-15)12-20(9-10-24-2)18(23)13-21-14-19(11-17(21)22)7-3-4-8-19/h5-6H,3-4,7-14H2,1-2H3. The van der Waals surface area contributed by atoms with Crippen LogP contribution < -0.4 is 0 Å². The number of ether oxygens (including phenoxy) is 1. The van der Waals surface area contributed by atoms with Gasteiger partial charge in [0.15, 0.2) is 0 Å². The quantitative estimate of drug-likeness (QED) is 0.747. The van der Waals surface area contributed by atoms with E-state index in [0.29, 0.717) is 26.1 Å². The lowest BCUT2D eigenvalue weighted by Gasteiger charge is -2.26. The summed E-state index contributed by atoms with van der Waals surface area (Å²) < 4.78 is 5.16. The van der Waals surface area contributed by atoms with E-state index in [0.717, 1.165) is 19.4 Å². The Hall–Kier alpha value is -1.40. The Morgan fingerprint density at radius 3 is 2.76 bits per heavy atom. The Kier molecular flexibility index (Phi) is 5.79. The fourth-order valence-corrected chi connectivity index (χ4v) is 5.01. The predicted molar refractivity (Wildman–Crippen MR) is 98.4 cm³/mol. The van der Waals surface area contributed by atoms with Crippen molar-refractivity contribution in [1.82, 2.24) is 9.80 Å².